The van der Waals surface area contributed by atoms with E-state index in [-0.39, 0.29) is 0 Å². The molecule has 4 heteroatoms. The van der Waals surface area contributed by atoms with Crippen LogP contribution in [0.2, 0.25) is 0 Å². The predicted octanol–water partition coefficient (Wildman–Crippen LogP) is 5.74. The molecule has 0 saturated carbocycles. The zero-order valence-electron chi connectivity index (χ0n) is 18.7. The molecular formula is C23H50N2O2. The first-order chi connectivity index (χ1) is 13.3. The van der Waals surface area contributed by atoms with E-state index in [0.717, 1.165) is 39.0 Å². The SMILES string of the molecule is CCCCCCCN(CCCN)CCCCCCOCOCCCCCC. The molecule has 27 heavy (non-hydrogen) atoms. The normalized spacial score (nSPS) is 11.6. The number of nitrogens with zero attached hydrogens (tertiary/aromatic N) is 1. The van der Waals surface area contributed by atoms with Crippen molar-refractivity contribution in [3.63, 3.8) is 0 Å². The molecule has 0 aromatic carbocycles. The molecule has 0 spiro atoms. The molecule has 0 atom stereocenters. The zero-order valence-corrected chi connectivity index (χ0v) is 18.7. The minimum atomic E-state index is 0.469. The second-order valence-electron chi connectivity index (χ2n) is 7.81. The maximum Gasteiger partial charge on any atom is 0.146 e. The number of rotatable bonds is 23. The largest absolute Gasteiger partial charge is 0.355 e. The highest BCUT2D eigenvalue weighted by Gasteiger charge is 2.04. The molecule has 0 aromatic heterocycles. The molecule has 0 heterocycles. The van der Waals surface area contributed by atoms with Gasteiger partial charge in [-0.3, -0.25) is 0 Å². The molecule has 0 aromatic rings. The van der Waals surface area contributed by atoms with Crippen LogP contribution in [0.4, 0.5) is 0 Å². The molecule has 4 nitrogen and oxygen atoms in total. The van der Waals surface area contributed by atoms with E-state index in [1.807, 2.05) is 0 Å². The van der Waals surface area contributed by atoms with Crippen LogP contribution in [0, 0.1) is 0 Å². The monoisotopic (exact) mass is 386 g/mol. The Bertz CT molecular complexity index is 265. The zero-order chi connectivity index (χ0) is 19.8. The summed E-state index contributed by atoms with van der Waals surface area (Å²) in [4.78, 5) is 2.63. The average molecular weight is 387 g/mol. The van der Waals surface area contributed by atoms with Gasteiger partial charge in [0, 0.05) is 13.2 Å². The van der Waals surface area contributed by atoms with Gasteiger partial charge in [0.15, 0.2) is 0 Å². The number of nitrogens with two attached hydrogens (primary N) is 1. The fourth-order valence-electron chi connectivity index (χ4n) is 3.29. The van der Waals surface area contributed by atoms with Gasteiger partial charge < -0.3 is 20.1 Å². The summed E-state index contributed by atoms with van der Waals surface area (Å²) in [6.07, 6.45) is 18.0. The number of unbranched alkanes of at least 4 members (excludes halogenated alkanes) is 10. The van der Waals surface area contributed by atoms with Crippen LogP contribution in [0.1, 0.15) is 104 Å². The Balaban J connectivity index is 3.43. The van der Waals surface area contributed by atoms with Crippen molar-refractivity contribution in [3.8, 4) is 0 Å². The summed E-state index contributed by atoms with van der Waals surface area (Å²) in [5, 5.41) is 0. The van der Waals surface area contributed by atoms with Crippen LogP contribution >= 0.6 is 0 Å². The molecule has 0 bridgehead atoms. The van der Waals surface area contributed by atoms with Gasteiger partial charge in [-0.25, -0.2) is 0 Å². The van der Waals surface area contributed by atoms with Gasteiger partial charge in [-0.2, -0.15) is 0 Å². The summed E-state index contributed by atoms with van der Waals surface area (Å²) in [6, 6.07) is 0. The van der Waals surface area contributed by atoms with Crippen LogP contribution in [0.25, 0.3) is 0 Å². The first-order valence-corrected chi connectivity index (χ1v) is 11.9. The van der Waals surface area contributed by atoms with E-state index in [4.69, 9.17) is 15.2 Å². The molecule has 0 radical (unpaired) electrons. The highest BCUT2D eigenvalue weighted by atomic mass is 16.7. The highest BCUT2D eigenvalue weighted by Crippen LogP contribution is 2.07. The second kappa shape index (κ2) is 23.9. The van der Waals surface area contributed by atoms with Crippen LogP contribution in [-0.2, 0) is 9.47 Å². The Morgan fingerprint density at radius 1 is 0.556 bits per heavy atom. The lowest BCUT2D eigenvalue weighted by Crippen LogP contribution is -2.28. The quantitative estimate of drug-likeness (QED) is 0.180. The summed E-state index contributed by atoms with van der Waals surface area (Å²) >= 11 is 0. The molecule has 0 saturated heterocycles. The third-order valence-electron chi connectivity index (χ3n) is 5.08. The molecule has 2 N–H and O–H groups in total. The summed E-state index contributed by atoms with van der Waals surface area (Å²) in [7, 11) is 0. The van der Waals surface area contributed by atoms with Crippen molar-refractivity contribution in [1.82, 2.24) is 4.90 Å². The topological polar surface area (TPSA) is 47.7 Å². The van der Waals surface area contributed by atoms with Crippen LogP contribution in [0.3, 0.4) is 0 Å². The Morgan fingerprint density at radius 3 is 1.52 bits per heavy atom. The summed E-state index contributed by atoms with van der Waals surface area (Å²) in [5.74, 6) is 0. The molecular weight excluding hydrogens is 336 g/mol. The molecule has 0 rings (SSSR count). The lowest BCUT2D eigenvalue weighted by atomic mass is 10.1. The Labute approximate surface area is 170 Å². The maximum atomic E-state index is 5.70. The smallest absolute Gasteiger partial charge is 0.146 e. The third-order valence-corrected chi connectivity index (χ3v) is 5.08. The fourth-order valence-corrected chi connectivity index (χ4v) is 3.29. The third kappa shape index (κ3) is 22.0. The van der Waals surface area contributed by atoms with Crippen molar-refractivity contribution in [2.45, 2.75) is 104 Å². The Morgan fingerprint density at radius 2 is 1.00 bits per heavy atom. The van der Waals surface area contributed by atoms with Gasteiger partial charge >= 0.3 is 0 Å². The maximum absolute atomic E-state index is 5.70. The van der Waals surface area contributed by atoms with Crippen molar-refractivity contribution in [2.24, 2.45) is 5.73 Å². The average Bonchev–Trinajstić information content (AvgIpc) is 2.68. The van der Waals surface area contributed by atoms with Gasteiger partial charge in [0.1, 0.15) is 6.79 Å². The van der Waals surface area contributed by atoms with Gasteiger partial charge in [-0.15, -0.1) is 0 Å². The van der Waals surface area contributed by atoms with Gasteiger partial charge in [0.2, 0.25) is 0 Å². The van der Waals surface area contributed by atoms with E-state index >= 15 is 0 Å². The lowest BCUT2D eigenvalue weighted by molar-refractivity contribution is -0.0556. The molecule has 0 aliphatic heterocycles. The van der Waals surface area contributed by atoms with Gasteiger partial charge in [0.05, 0.1) is 0 Å². The van der Waals surface area contributed by atoms with E-state index in [2.05, 4.69) is 18.7 Å². The van der Waals surface area contributed by atoms with Crippen molar-refractivity contribution in [1.29, 1.82) is 0 Å². The van der Waals surface area contributed by atoms with E-state index in [9.17, 15) is 0 Å². The first kappa shape index (κ1) is 26.8. The van der Waals surface area contributed by atoms with Crippen LogP contribution < -0.4 is 5.73 Å². The standard InChI is InChI=1S/C23H50N2O2/c1-3-5-7-9-12-18-25(20-16-17-24)19-13-10-11-15-22-27-23-26-21-14-8-6-4-2/h3-24H2,1-2H3. The summed E-state index contributed by atoms with van der Waals surface area (Å²) < 4.78 is 11.1. The van der Waals surface area contributed by atoms with Gasteiger partial charge in [-0.05, 0) is 58.3 Å². The number of ether oxygens (including phenoxy) is 2. The van der Waals surface area contributed by atoms with E-state index in [0.29, 0.717) is 6.79 Å². The van der Waals surface area contributed by atoms with Crippen molar-refractivity contribution in [3.05, 3.63) is 0 Å². The highest BCUT2D eigenvalue weighted by molar-refractivity contribution is 4.60. The van der Waals surface area contributed by atoms with Crippen LogP contribution in [-0.4, -0.2) is 51.1 Å². The lowest BCUT2D eigenvalue weighted by Gasteiger charge is -2.22. The van der Waals surface area contributed by atoms with E-state index < -0.39 is 0 Å². The molecule has 0 fully saturated rings. The molecule has 0 aliphatic rings. The number of hydrogen-bond acceptors (Lipinski definition) is 4. The predicted molar refractivity (Wildman–Crippen MR) is 118 cm³/mol. The second-order valence-corrected chi connectivity index (χ2v) is 7.81. The Hall–Kier alpha value is -0.160. The van der Waals surface area contributed by atoms with Gasteiger partial charge in [-0.1, -0.05) is 71.6 Å². The fraction of sp³-hybridized carbons (Fsp3) is 1.00. The first-order valence-electron chi connectivity index (χ1n) is 11.9. The minimum Gasteiger partial charge on any atom is -0.355 e. The Kier molecular flexibility index (Phi) is 23.7. The molecule has 164 valence electrons. The van der Waals surface area contributed by atoms with Crippen molar-refractivity contribution < 1.29 is 9.47 Å². The van der Waals surface area contributed by atoms with Gasteiger partial charge in [0.25, 0.3) is 0 Å². The minimum absolute atomic E-state index is 0.469. The van der Waals surface area contributed by atoms with Crippen molar-refractivity contribution >= 4 is 0 Å². The van der Waals surface area contributed by atoms with Crippen molar-refractivity contribution in [2.75, 3.05) is 46.2 Å². The summed E-state index contributed by atoms with van der Waals surface area (Å²) in [6.45, 7) is 11.1. The van der Waals surface area contributed by atoms with Crippen LogP contribution in [0.15, 0.2) is 0 Å². The van der Waals surface area contributed by atoms with E-state index in [1.165, 1.54) is 90.3 Å². The van der Waals surface area contributed by atoms with E-state index in [1.54, 1.807) is 0 Å². The van der Waals surface area contributed by atoms with Crippen LogP contribution in [0.5, 0.6) is 0 Å². The summed E-state index contributed by atoms with van der Waals surface area (Å²) in [5.41, 5.74) is 5.70. The molecule has 0 unspecified atom stereocenters. The molecule has 0 amide bonds. The molecule has 0 aliphatic carbocycles. The number of hydrogen-bond donors (Lipinski definition) is 1.